The summed E-state index contributed by atoms with van der Waals surface area (Å²) in [6.07, 6.45) is -0.0707. The molecule has 0 unspecified atom stereocenters. The van der Waals surface area contributed by atoms with Crippen molar-refractivity contribution in [2.24, 2.45) is 0 Å². The van der Waals surface area contributed by atoms with Gasteiger partial charge in [-0.05, 0) is 43.3 Å². The van der Waals surface area contributed by atoms with E-state index in [4.69, 9.17) is 4.74 Å². The fraction of sp³-hybridized carbons (Fsp3) is 0.125. The van der Waals surface area contributed by atoms with Crippen LogP contribution < -0.4 is 10.1 Å². The van der Waals surface area contributed by atoms with Crippen LogP contribution in [0, 0.1) is 12.7 Å². The summed E-state index contributed by atoms with van der Waals surface area (Å²) < 4.78 is 19.1. The summed E-state index contributed by atoms with van der Waals surface area (Å²) in [7, 11) is 0. The maximum absolute atomic E-state index is 13.4. The first-order chi connectivity index (χ1) is 14.9. The Morgan fingerprint density at radius 3 is 2.55 bits per heavy atom. The molecule has 0 bridgehead atoms. The van der Waals surface area contributed by atoms with Crippen molar-refractivity contribution in [2.45, 2.75) is 13.3 Å². The van der Waals surface area contributed by atoms with Gasteiger partial charge in [-0.3, -0.25) is 19.3 Å². The van der Waals surface area contributed by atoms with Crippen LogP contribution in [0.4, 0.5) is 10.1 Å². The molecule has 0 atom stereocenters. The van der Waals surface area contributed by atoms with Crippen molar-refractivity contribution in [3.8, 4) is 11.5 Å². The summed E-state index contributed by atoms with van der Waals surface area (Å²) in [4.78, 5) is 38.6. The second-order valence-corrected chi connectivity index (χ2v) is 7.16. The largest absolute Gasteiger partial charge is 0.455 e. The minimum absolute atomic E-state index is 0.0376. The van der Waals surface area contributed by atoms with Gasteiger partial charge in [-0.1, -0.05) is 29.8 Å². The summed E-state index contributed by atoms with van der Waals surface area (Å²) in [6, 6.07) is 17.5. The standard InChI is InChI=1S/C24H19FN2O4/c1-15-9-10-18-19(13-15)24(30)27(23(18)29)12-11-22(28)26-20-7-2-3-8-21(20)31-17-6-4-5-16(25)14-17/h2-10,13-14H,11-12H2,1H3,(H,26,28). The van der Waals surface area contributed by atoms with E-state index >= 15 is 0 Å². The highest BCUT2D eigenvalue weighted by molar-refractivity contribution is 6.21. The molecule has 1 N–H and O–H groups in total. The van der Waals surface area contributed by atoms with Crippen LogP contribution in [0.2, 0.25) is 0 Å². The molecule has 3 aromatic rings. The van der Waals surface area contributed by atoms with Crippen LogP contribution in [0.5, 0.6) is 11.5 Å². The lowest BCUT2D eigenvalue weighted by atomic mass is 10.1. The third-order valence-electron chi connectivity index (χ3n) is 4.87. The molecule has 156 valence electrons. The number of carbonyl (C=O) groups is 3. The third kappa shape index (κ3) is 4.30. The molecular weight excluding hydrogens is 399 g/mol. The Morgan fingerprint density at radius 1 is 0.968 bits per heavy atom. The molecule has 0 aliphatic carbocycles. The lowest BCUT2D eigenvalue weighted by Gasteiger charge is -2.15. The molecule has 3 aromatic carbocycles. The number of amides is 3. The van der Waals surface area contributed by atoms with Crippen LogP contribution in [0.1, 0.15) is 32.7 Å². The Balaban J connectivity index is 1.41. The number of nitrogens with zero attached hydrogens (tertiary/aromatic N) is 1. The first-order valence-electron chi connectivity index (χ1n) is 9.71. The van der Waals surface area contributed by atoms with E-state index in [2.05, 4.69) is 5.32 Å². The normalized spacial score (nSPS) is 12.6. The molecule has 31 heavy (non-hydrogen) atoms. The van der Waals surface area contributed by atoms with E-state index in [-0.39, 0.29) is 18.9 Å². The highest BCUT2D eigenvalue weighted by Crippen LogP contribution is 2.30. The van der Waals surface area contributed by atoms with Crippen LogP contribution in [-0.4, -0.2) is 29.2 Å². The Kier molecular flexibility index (Phi) is 5.49. The number of benzene rings is 3. The van der Waals surface area contributed by atoms with E-state index in [1.165, 1.54) is 18.2 Å². The minimum Gasteiger partial charge on any atom is -0.455 e. The van der Waals surface area contributed by atoms with Crippen LogP contribution in [0.3, 0.4) is 0 Å². The number of halogens is 1. The first-order valence-corrected chi connectivity index (χ1v) is 9.71. The van der Waals surface area contributed by atoms with Gasteiger partial charge in [-0.15, -0.1) is 0 Å². The minimum atomic E-state index is -0.435. The van der Waals surface area contributed by atoms with Crippen molar-refractivity contribution in [1.29, 1.82) is 0 Å². The summed E-state index contributed by atoms with van der Waals surface area (Å²) in [5.41, 5.74) is 1.99. The van der Waals surface area contributed by atoms with E-state index < -0.39 is 17.6 Å². The van der Waals surface area contributed by atoms with Crippen molar-refractivity contribution in [2.75, 3.05) is 11.9 Å². The van der Waals surface area contributed by atoms with E-state index in [0.717, 1.165) is 10.5 Å². The molecule has 0 radical (unpaired) electrons. The predicted molar refractivity (Wildman–Crippen MR) is 113 cm³/mol. The SMILES string of the molecule is Cc1ccc2c(c1)C(=O)N(CCC(=O)Nc1ccccc1Oc1cccc(F)c1)C2=O. The molecule has 0 aromatic heterocycles. The number of rotatable bonds is 6. The van der Waals surface area contributed by atoms with Crippen LogP contribution in [-0.2, 0) is 4.79 Å². The zero-order chi connectivity index (χ0) is 22.0. The predicted octanol–water partition coefficient (Wildman–Crippen LogP) is 4.55. The zero-order valence-electron chi connectivity index (χ0n) is 16.7. The van der Waals surface area contributed by atoms with Gasteiger partial charge in [-0.25, -0.2) is 4.39 Å². The van der Waals surface area contributed by atoms with Gasteiger partial charge in [0, 0.05) is 19.0 Å². The van der Waals surface area contributed by atoms with Gasteiger partial charge in [-0.2, -0.15) is 0 Å². The molecule has 0 spiro atoms. The summed E-state index contributed by atoms with van der Waals surface area (Å²) >= 11 is 0. The number of hydrogen-bond donors (Lipinski definition) is 1. The molecule has 1 aliphatic rings. The van der Waals surface area contributed by atoms with Crippen LogP contribution in [0.15, 0.2) is 66.7 Å². The summed E-state index contributed by atoms with van der Waals surface area (Å²) in [5.74, 6) is -0.979. The Labute approximate surface area is 178 Å². The number of aryl methyl sites for hydroxylation is 1. The number of nitrogens with one attached hydrogen (secondary N) is 1. The number of imide groups is 1. The molecule has 7 heteroatoms. The lowest BCUT2D eigenvalue weighted by molar-refractivity contribution is -0.116. The van der Waals surface area contributed by atoms with Crippen molar-refractivity contribution >= 4 is 23.4 Å². The second kappa shape index (κ2) is 8.39. The maximum Gasteiger partial charge on any atom is 0.261 e. The lowest BCUT2D eigenvalue weighted by Crippen LogP contribution is -2.32. The van der Waals surface area contributed by atoms with Gasteiger partial charge in [0.05, 0.1) is 16.8 Å². The van der Waals surface area contributed by atoms with Gasteiger partial charge in [0.1, 0.15) is 11.6 Å². The van der Waals surface area contributed by atoms with E-state index in [1.807, 2.05) is 6.92 Å². The van der Waals surface area contributed by atoms with Gasteiger partial charge in [0.25, 0.3) is 11.8 Å². The van der Waals surface area contributed by atoms with Gasteiger partial charge < -0.3 is 10.1 Å². The Morgan fingerprint density at radius 2 is 1.74 bits per heavy atom. The second-order valence-electron chi connectivity index (χ2n) is 7.16. The fourth-order valence-electron chi connectivity index (χ4n) is 3.35. The van der Waals surface area contributed by atoms with Crippen molar-refractivity contribution in [3.63, 3.8) is 0 Å². The van der Waals surface area contributed by atoms with E-state index in [1.54, 1.807) is 48.5 Å². The van der Waals surface area contributed by atoms with Crippen molar-refractivity contribution < 1.29 is 23.5 Å². The summed E-state index contributed by atoms with van der Waals surface area (Å²) in [5, 5.41) is 2.72. The van der Waals surface area contributed by atoms with E-state index in [0.29, 0.717) is 28.3 Å². The number of para-hydroxylation sites is 2. The Bertz CT molecular complexity index is 1190. The topological polar surface area (TPSA) is 75.7 Å². The monoisotopic (exact) mass is 418 g/mol. The van der Waals surface area contributed by atoms with Crippen LogP contribution >= 0.6 is 0 Å². The molecule has 0 saturated carbocycles. The average Bonchev–Trinajstić information content (AvgIpc) is 2.97. The van der Waals surface area contributed by atoms with Crippen molar-refractivity contribution in [3.05, 3.63) is 89.2 Å². The third-order valence-corrected chi connectivity index (χ3v) is 4.87. The molecule has 0 saturated heterocycles. The highest BCUT2D eigenvalue weighted by Gasteiger charge is 2.35. The highest BCUT2D eigenvalue weighted by atomic mass is 19.1. The average molecular weight is 418 g/mol. The van der Waals surface area contributed by atoms with Crippen molar-refractivity contribution in [1.82, 2.24) is 4.90 Å². The number of fused-ring (bicyclic) bond motifs is 1. The fourth-order valence-corrected chi connectivity index (χ4v) is 3.35. The van der Waals surface area contributed by atoms with Gasteiger partial charge in [0.2, 0.25) is 5.91 Å². The molecule has 0 fully saturated rings. The Hall–Kier alpha value is -4.00. The number of hydrogen-bond acceptors (Lipinski definition) is 4. The van der Waals surface area contributed by atoms with Gasteiger partial charge in [0.15, 0.2) is 5.75 Å². The molecule has 6 nitrogen and oxygen atoms in total. The number of carbonyl (C=O) groups excluding carboxylic acids is 3. The maximum atomic E-state index is 13.4. The van der Waals surface area contributed by atoms with Crippen LogP contribution in [0.25, 0.3) is 0 Å². The number of anilines is 1. The molecule has 1 aliphatic heterocycles. The summed E-state index contributed by atoms with van der Waals surface area (Å²) in [6.45, 7) is 1.81. The van der Waals surface area contributed by atoms with E-state index in [9.17, 15) is 18.8 Å². The quantitative estimate of drug-likeness (QED) is 0.596. The molecule has 4 rings (SSSR count). The first kappa shape index (κ1) is 20.3. The smallest absolute Gasteiger partial charge is 0.261 e. The molecular formula is C24H19FN2O4. The molecule has 1 heterocycles. The zero-order valence-corrected chi connectivity index (χ0v) is 16.7. The van der Waals surface area contributed by atoms with Gasteiger partial charge >= 0.3 is 0 Å². The molecule has 3 amide bonds. The number of ether oxygens (including phenoxy) is 1.